The fraction of sp³-hybridized carbons (Fsp3) is 0.667. The van der Waals surface area contributed by atoms with Gasteiger partial charge in [0.1, 0.15) is 0 Å². The number of nitrogens with zero attached hydrogens (tertiary/aromatic N) is 4. The van der Waals surface area contributed by atoms with Gasteiger partial charge in [-0.15, -0.1) is 0 Å². The third kappa shape index (κ3) is 2.32. The van der Waals surface area contributed by atoms with E-state index in [-0.39, 0.29) is 5.91 Å². The number of rotatable bonds is 4. The molecule has 2 heterocycles. The highest BCUT2D eigenvalue weighted by Crippen LogP contribution is 2.66. The Morgan fingerprint density at radius 3 is 1.95 bits per heavy atom. The largest absolute Gasteiger partial charge is 0.322 e. The zero-order chi connectivity index (χ0) is 15.8. The van der Waals surface area contributed by atoms with Gasteiger partial charge in [0.25, 0.3) is 0 Å². The van der Waals surface area contributed by atoms with Gasteiger partial charge in [-0.3, -0.25) is 4.79 Å². The molecular weight excluding hydrogens is 283 g/mol. The Kier molecular flexibility index (Phi) is 4.52. The van der Waals surface area contributed by atoms with Gasteiger partial charge in [0.2, 0.25) is 5.91 Å². The van der Waals surface area contributed by atoms with E-state index in [1.54, 1.807) is 11.7 Å². The van der Waals surface area contributed by atoms with E-state index in [9.17, 15) is 4.79 Å². The van der Waals surface area contributed by atoms with E-state index in [1.165, 1.54) is 11.4 Å². The molecule has 21 heavy (non-hydrogen) atoms. The lowest BCUT2D eigenvalue weighted by atomic mass is 10.3. The number of hydrogen-bond acceptors (Lipinski definition) is 4. The summed E-state index contributed by atoms with van der Waals surface area (Å²) >= 11 is 0. The molecule has 1 spiro atoms. The fourth-order valence-corrected chi connectivity index (χ4v) is 7.63. The Morgan fingerprint density at radius 2 is 1.57 bits per heavy atom. The monoisotopic (exact) mass is 310 g/mol. The molecule has 0 radical (unpaired) electrons. The molecule has 0 N–H and O–H groups in total. The number of allylic oxidation sites excluding steroid dienone is 2. The minimum absolute atomic E-state index is 0.0288. The first-order valence-corrected chi connectivity index (χ1v) is 9.46. The van der Waals surface area contributed by atoms with Crippen LogP contribution in [0.25, 0.3) is 0 Å². The molecule has 5 nitrogen and oxygen atoms in total. The van der Waals surface area contributed by atoms with E-state index < -0.39 is 7.34 Å². The molecule has 0 atom stereocenters. The van der Waals surface area contributed by atoms with Crippen molar-refractivity contribution in [1.82, 2.24) is 14.1 Å². The van der Waals surface area contributed by atoms with Crippen LogP contribution in [0.3, 0.4) is 0 Å². The second kappa shape index (κ2) is 5.88. The van der Waals surface area contributed by atoms with Crippen LogP contribution < -0.4 is 0 Å². The summed E-state index contributed by atoms with van der Waals surface area (Å²) in [6.45, 7) is 14.2. The van der Waals surface area contributed by atoms with Crippen molar-refractivity contribution in [1.29, 1.82) is 0 Å². The van der Waals surface area contributed by atoms with Crippen molar-refractivity contribution in [2.45, 2.75) is 54.4 Å². The van der Waals surface area contributed by atoms with Gasteiger partial charge in [0.15, 0.2) is 7.34 Å². The van der Waals surface area contributed by atoms with Crippen LogP contribution >= 0.6 is 7.34 Å². The van der Waals surface area contributed by atoms with Gasteiger partial charge in [-0.05, 0) is 33.6 Å². The summed E-state index contributed by atoms with van der Waals surface area (Å²) in [4.78, 5) is 12.2. The molecule has 0 bridgehead atoms. The number of amides is 1. The highest BCUT2D eigenvalue weighted by Gasteiger charge is 2.47. The quantitative estimate of drug-likeness (QED) is 0.746. The minimum atomic E-state index is -2.04. The SMILES string of the molecule is CCCN1C(C)=C(C)N(CCC)P12=CC(C)=NN2C(C)=O. The van der Waals surface area contributed by atoms with E-state index in [2.05, 4.69) is 47.9 Å². The smallest absolute Gasteiger partial charge is 0.245 e. The van der Waals surface area contributed by atoms with Gasteiger partial charge in [-0.25, -0.2) is 0 Å². The molecule has 6 heteroatoms. The Bertz CT molecular complexity index is 538. The van der Waals surface area contributed by atoms with Crippen molar-refractivity contribution >= 4 is 24.8 Å². The third-order valence-corrected chi connectivity index (χ3v) is 8.12. The standard InChI is InChI=1S/C15H27N4OP/c1-7-9-17-13(4)14(5)18(10-8-2)21(17)11-12(3)16-19(21)15(6)20/h11H,7-10H2,1-6H3. The summed E-state index contributed by atoms with van der Waals surface area (Å²) in [7, 11) is -2.04. The van der Waals surface area contributed by atoms with Gasteiger partial charge < -0.3 is 9.34 Å². The molecular formula is C15H27N4OP. The van der Waals surface area contributed by atoms with Crippen molar-refractivity contribution in [3.8, 4) is 0 Å². The zero-order valence-corrected chi connectivity index (χ0v) is 14.9. The Morgan fingerprint density at radius 1 is 1.10 bits per heavy atom. The van der Waals surface area contributed by atoms with E-state index >= 15 is 0 Å². The molecule has 0 aromatic heterocycles. The molecule has 2 aliphatic rings. The number of carbonyl (C=O) groups is 1. The van der Waals surface area contributed by atoms with Gasteiger partial charge in [0, 0.05) is 37.2 Å². The maximum Gasteiger partial charge on any atom is 0.245 e. The van der Waals surface area contributed by atoms with Gasteiger partial charge in [-0.2, -0.15) is 9.88 Å². The number of hydrogen-bond donors (Lipinski definition) is 0. The zero-order valence-electron chi connectivity index (χ0n) is 14.1. The first-order valence-electron chi connectivity index (χ1n) is 7.74. The molecule has 0 fully saturated rings. The van der Waals surface area contributed by atoms with E-state index in [0.717, 1.165) is 31.6 Å². The molecule has 0 aliphatic carbocycles. The summed E-state index contributed by atoms with van der Waals surface area (Å²) in [5.74, 6) is 2.26. The van der Waals surface area contributed by atoms with E-state index in [1.807, 2.05) is 6.92 Å². The third-order valence-electron chi connectivity index (χ3n) is 4.05. The molecule has 118 valence electrons. The molecule has 0 aromatic carbocycles. The molecule has 0 saturated heterocycles. The lowest BCUT2D eigenvalue weighted by Crippen LogP contribution is -2.34. The lowest BCUT2D eigenvalue weighted by molar-refractivity contribution is -0.124. The predicted octanol–water partition coefficient (Wildman–Crippen LogP) is 3.48. The summed E-state index contributed by atoms with van der Waals surface area (Å²) in [6.07, 6.45) is 2.12. The average Bonchev–Trinajstić information content (AvgIpc) is 2.86. The molecule has 0 unspecified atom stereocenters. The summed E-state index contributed by atoms with van der Waals surface area (Å²) in [5.41, 5.74) is 3.51. The van der Waals surface area contributed by atoms with Gasteiger partial charge >= 0.3 is 0 Å². The topological polar surface area (TPSA) is 39.1 Å². The first-order chi connectivity index (χ1) is 9.90. The summed E-state index contributed by atoms with van der Waals surface area (Å²) in [6, 6.07) is 0. The molecule has 2 rings (SSSR count). The van der Waals surface area contributed by atoms with E-state index in [0.29, 0.717) is 0 Å². The van der Waals surface area contributed by atoms with Crippen molar-refractivity contribution in [3.05, 3.63) is 11.4 Å². The van der Waals surface area contributed by atoms with Crippen LogP contribution in [0.15, 0.2) is 16.5 Å². The van der Waals surface area contributed by atoms with Crippen LogP contribution in [0.4, 0.5) is 0 Å². The minimum Gasteiger partial charge on any atom is -0.322 e. The highest BCUT2D eigenvalue weighted by atomic mass is 31.2. The Labute approximate surface area is 128 Å². The normalized spacial score (nSPS) is 20.5. The summed E-state index contributed by atoms with van der Waals surface area (Å²) < 4.78 is 6.62. The maximum absolute atomic E-state index is 12.2. The van der Waals surface area contributed by atoms with Crippen LogP contribution in [0.2, 0.25) is 0 Å². The average molecular weight is 310 g/mol. The fourth-order valence-electron chi connectivity index (χ4n) is 3.17. The predicted molar refractivity (Wildman–Crippen MR) is 91.0 cm³/mol. The summed E-state index contributed by atoms with van der Waals surface area (Å²) in [5, 5.41) is 4.54. The number of hydrazone groups is 1. The second-order valence-corrected chi connectivity index (χ2v) is 8.54. The van der Waals surface area contributed by atoms with Crippen molar-refractivity contribution < 1.29 is 4.79 Å². The first kappa shape index (κ1) is 16.2. The van der Waals surface area contributed by atoms with Crippen LogP contribution in [0, 0.1) is 0 Å². The lowest BCUT2D eigenvalue weighted by Gasteiger charge is -2.42. The Balaban J connectivity index is 2.61. The van der Waals surface area contributed by atoms with E-state index in [4.69, 9.17) is 0 Å². The highest BCUT2D eigenvalue weighted by molar-refractivity contribution is 7.71. The van der Waals surface area contributed by atoms with Crippen molar-refractivity contribution in [2.75, 3.05) is 13.1 Å². The van der Waals surface area contributed by atoms with Crippen molar-refractivity contribution in [3.63, 3.8) is 0 Å². The second-order valence-electron chi connectivity index (χ2n) is 5.71. The molecule has 1 amide bonds. The molecule has 2 aliphatic heterocycles. The Hall–Kier alpha value is -1.22. The molecule has 0 saturated carbocycles. The van der Waals surface area contributed by atoms with Crippen LogP contribution in [0.5, 0.6) is 0 Å². The number of carbonyl (C=O) groups excluding carboxylic acids is 1. The molecule has 0 aromatic rings. The van der Waals surface area contributed by atoms with Crippen LogP contribution in [-0.4, -0.2) is 44.6 Å². The maximum atomic E-state index is 12.2. The van der Waals surface area contributed by atoms with Crippen LogP contribution in [-0.2, 0) is 4.79 Å². The van der Waals surface area contributed by atoms with Crippen LogP contribution in [0.1, 0.15) is 54.4 Å². The van der Waals surface area contributed by atoms with Gasteiger partial charge in [0.05, 0.1) is 5.71 Å². The van der Waals surface area contributed by atoms with Crippen molar-refractivity contribution in [2.24, 2.45) is 5.10 Å². The van der Waals surface area contributed by atoms with Gasteiger partial charge in [-0.1, -0.05) is 13.8 Å².